The summed E-state index contributed by atoms with van der Waals surface area (Å²) in [6, 6.07) is 4.70. The number of amides is 1. The molecule has 2 aromatic rings. The minimum Gasteiger partial charge on any atom is -0.351 e. The van der Waals surface area contributed by atoms with Crippen LogP contribution in [0.2, 0.25) is 0 Å². The molecule has 2 heterocycles. The molecule has 104 valence electrons. The second kappa shape index (κ2) is 5.01. The zero-order chi connectivity index (χ0) is 14.3. The van der Waals surface area contributed by atoms with Gasteiger partial charge in [0.2, 0.25) is 5.76 Å². The minimum absolute atomic E-state index is 0.196. The van der Waals surface area contributed by atoms with Crippen molar-refractivity contribution in [3.05, 3.63) is 51.1 Å². The van der Waals surface area contributed by atoms with Crippen LogP contribution in [-0.4, -0.2) is 22.5 Å². The number of fused-ring (bicyclic) bond motifs is 1. The van der Waals surface area contributed by atoms with E-state index in [0.29, 0.717) is 24.2 Å². The van der Waals surface area contributed by atoms with Crippen LogP contribution in [0.5, 0.6) is 0 Å². The van der Waals surface area contributed by atoms with Crippen molar-refractivity contribution in [1.29, 1.82) is 0 Å². The largest absolute Gasteiger partial charge is 0.351 e. The summed E-state index contributed by atoms with van der Waals surface area (Å²) in [5.74, 6) is -0.341. The monoisotopic (exact) mass is 338 g/mol. The molecule has 0 spiro atoms. The summed E-state index contributed by atoms with van der Waals surface area (Å²) in [5.41, 5.74) is 2.15. The fourth-order valence-electron chi connectivity index (χ4n) is 2.39. The number of carbonyl (C=O) groups excluding carboxylic acids is 1. The van der Waals surface area contributed by atoms with Gasteiger partial charge in [0.05, 0.1) is 5.69 Å². The Labute approximate surface area is 123 Å². The molecule has 4 nitrogen and oxygen atoms in total. The molecule has 1 amide bonds. The van der Waals surface area contributed by atoms with Gasteiger partial charge in [-0.05, 0) is 31.0 Å². The molecule has 1 aromatic heterocycles. The smallest absolute Gasteiger partial charge is 0.292 e. The SMILES string of the molecule is Cc1cc(C(=O)N2CCc3c(Br)ccc(F)c3C2)on1. The van der Waals surface area contributed by atoms with Crippen LogP contribution < -0.4 is 0 Å². The second-order valence-electron chi connectivity index (χ2n) is 4.80. The lowest BCUT2D eigenvalue weighted by Gasteiger charge is -2.28. The maximum Gasteiger partial charge on any atom is 0.292 e. The summed E-state index contributed by atoms with van der Waals surface area (Å²) < 4.78 is 19.8. The normalized spacial score (nSPS) is 14.2. The fraction of sp³-hybridized carbons (Fsp3) is 0.286. The minimum atomic E-state index is -0.283. The molecule has 0 atom stereocenters. The summed E-state index contributed by atoms with van der Waals surface area (Å²) in [5, 5.41) is 3.70. The van der Waals surface area contributed by atoms with Gasteiger partial charge in [-0.2, -0.15) is 0 Å². The molecule has 6 heteroatoms. The predicted molar refractivity (Wildman–Crippen MR) is 73.8 cm³/mol. The molecule has 0 radical (unpaired) electrons. The lowest BCUT2D eigenvalue weighted by Crippen LogP contribution is -2.36. The van der Waals surface area contributed by atoms with Gasteiger partial charge >= 0.3 is 0 Å². The highest BCUT2D eigenvalue weighted by Crippen LogP contribution is 2.29. The molecule has 3 rings (SSSR count). The Morgan fingerprint density at radius 3 is 2.95 bits per heavy atom. The van der Waals surface area contributed by atoms with E-state index in [9.17, 15) is 9.18 Å². The van der Waals surface area contributed by atoms with E-state index in [2.05, 4.69) is 21.1 Å². The molecule has 0 fully saturated rings. The number of aromatic nitrogens is 1. The van der Waals surface area contributed by atoms with Gasteiger partial charge < -0.3 is 9.42 Å². The van der Waals surface area contributed by atoms with Gasteiger partial charge in [0.1, 0.15) is 5.82 Å². The van der Waals surface area contributed by atoms with Crippen molar-refractivity contribution in [2.75, 3.05) is 6.54 Å². The highest BCUT2D eigenvalue weighted by atomic mass is 79.9. The Balaban J connectivity index is 1.89. The molecule has 20 heavy (non-hydrogen) atoms. The van der Waals surface area contributed by atoms with Crippen molar-refractivity contribution in [2.24, 2.45) is 0 Å². The molecule has 0 aliphatic carbocycles. The zero-order valence-corrected chi connectivity index (χ0v) is 12.4. The summed E-state index contributed by atoms with van der Waals surface area (Å²) >= 11 is 3.42. The Morgan fingerprint density at radius 1 is 1.45 bits per heavy atom. The van der Waals surface area contributed by atoms with E-state index < -0.39 is 0 Å². The average molecular weight is 339 g/mol. The molecule has 1 aliphatic rings. The van der Waals surface area contributed by atoms with Crippen LogP contribution in [-0.2, 0) is 13.0 Å². The molecule has 0 bridgehead atoms. The number of benzene rings is 1. The van der Waals surface area contributed by atoms with E-state index in [0.717, 1.165) is 10.0 Å². The molecule has 0 N–H and O–H groups in total. The van der Waals surface area contributed by atoms with E-state index in [1.54, 1.807) is 24.0 Å². The zero-order valence-electron chi connectivity index (χ0n) is 10.8. The number of rotatable bonds is 1. The van der Waals surface area contributed by atoms with Crippen LogP contribution in [0.1, 0.15) is 27.4 Å². The third-order valence-electron chi connectivity index (χ3n) is 3.42. The molecular weight excluding hydrogens is 327 g/mol. The van der Waals surface area contributed by atoms with Crippen LogP contribution in [0.4, 0.5) is 4.39 Å². The van der Waals surface area contributed by atoms with Crippen molar-refractivity contribution >= 4 is 21.8 Å². The third-order valence-corrected chi connectivity index (χ3v) is 4.17. The average Bonchev–Trinajstić information content (AvgIpc) is 2.88. The Bertz CT molecular complexity index is 684. The van der Waals surface area contributed by atoms with Gasteiger partial charge in [-0.1, -0.05) is 21.1 Å². The molecule has 1 aliphatic heterocycles. The van der Waals surface area contributed by atoms with Gasteiger partial charge in [0.25, 0.3) is 5.91 Å². The quantitative estimate of drug-likeness (QED) is 0.802. The highest BCUT2D eigenvalue weighted by molar-refractivity contribution is 9.10. The van der Waals surface area contributed by atoms with Crippen LogP contribution in [0, 0.1) is 12.7 Å². The topological polar surface area (TPSA) is 46.3 Å². The molecule has 0 saturated carbocycles. The van der Waals surface area contributed by atoms with E-state index in [1.807, 2.05) is 0 Å². The van der Waals surface area contributed by atoms with Crippen molar-refractivity contribution < 1.29 is 13.7 Å². The van der Waals surface area contributed by atoms with Gasteiger partial charge in [0.15, 0.2) is 0 Å². The third kappa shape index (κ3) is 2.24. The van der Waals surface area contributed by atoms with Gasteiger partial charge in [-0.15, -0.1) is 0 Å². The molecular formula is C14H12BrFN2O2. The van der Waals surface area contributed by atoms with Crippen molar-refractivity contribution in [3.63, 3.8) is 0 Å². The van der Waals surface area contributed by atoms with Gasteiger partial charge in [0, 0.05) is 29.2 Å². The maximum absolute atomic E-state index is 13.9. The van der Waals surface area contributed by atoms with Crippen LogP contribution in [0.25, 0.3) is 0 Å². The first-order valence-corrected chi connectivity index (χ1v) is 7.04. The summed E-state index contributed by atoms with van der Waals surface area (Å²) in [6.07, 6.45) is 0.618. The van der Waals surface area contributed by atoms with Crippen molar-refractivity contribution in [3.8, 4) is 0 Å². The lowest BCUT2D eigenvalue weighted by atomic mass is 9.99. The van der Waals surface area contributed by atoms with Crippen LogP contribution in [0.15, 0.2) is 27.2 Å². The van der Waals surface area contributed by atoms with Crippen molar-refractivity contribution in [1.82, 2.24) is 10.1 Å². The first-order valence-electron chi connectivity index (χ1n) is 6.24. The standard InChI is InChI=1S/C14H12BrFN2O2/c1-8-6-13(20-17-8)14(19)18-5-4-9-10(7-18)12(16)3-2-11(9)15/h2-3,6H,4-5,7H2,1H3. The number of hydrogen-bond donors (Lipinski definition) is 0. The number of hydrogen-bond acceptors (Lipinski definition) is 3. The lowest BCUT2D eigenvalue weighted by molar-refractivity contribution is 0.0690. The van der Waals surface area contributed by atoms with Gasteiger partial charge in [-0.3, -0.25) is 4.79 Å². The van der Waals surface area contributed by atoms with Crippen LogP contribution in [0.3, 0.4) is 0 Å². The number of aryl methyl sites for hydroxylation is 1. The summed E-state index contributed by atoms with van der Waals surface area (Å²) in [7, 11) is 0. The van der Waals surface area contributed by atoms with Gasteiger partial charge in [-0.25, -0.2) is 4.39 Å². The number of nitrogens with zero attached hydrogens (tertiary/aromatic N) is 2. The summed E-state index contributed by atoms with van der Waals surface area (Å²) in [6.45, 7) is 2.54. The Hall–Kier alpha value is -1.69. The summed E-state index contributed by atoms with van der Waals surface area (Å²) in [4.78, 5) is 13.9. The van der Waals surface area contributed by atoms with E-state index in [-0.39, 0.29) is 24.0 Å². The molecule has 1 aromatic carbocycles. The molecule has 0 unspecified atom stereocenters. The first kappa shape index (κ1) is 13.3. The van der Waals surface area contributed by atoms with Crippen LogP contribution >= 0.6 is 15.9 Å². The van der Waals surface area contributed by atoms with E-state index in [1.165, 1.54) is 6.07 Å². The highest BCUT2D eigenvalue weighted by Gasteiger charge is 2.27. The number of carbonyl (C=O) groups is 1. The van der Waals surface area contributed by atoms with E-state index >= 15 is 0 Å². The Kier molecular flexibility index (Phi) is 3.33. The number of halogens is 2. The van der Waals surface area contributed by atoms with E-state index in [4.69, 9.17) is 4.52 Å². The second-order valence-corrected chi connectivity index (χ2v) is 5.65. The Morgan fingerprint density at radius 2 is 2.25 bits per heavy atom. The van der Waals surface area contributed by atoms with Crippen molar-refractivity contribution in [2.45, 2.75) is 19.9 Å². The fourth-order valence-corrected chi connectivity index (χ4v) is 2.96. The predicted octanol–water partition coefficient (Wildman–Crippen LogP) is 3.08. The molecule has 0 saturated heterocycles. The maximum atomic E-state index is 13.9. The first-order chi connectivity index (χ1) is 9.56.